The fourth-order valence-electron chi connectivity index (χ4n) is 1.85. The topological polar surface area (TPSA) is 144 Å². The highest BCUT2D eigenvalue weighted by atomic mass is 16.5. The van der Waals surface area contributed by atoms with Crippen LogP contribution in [0.1, 0.15) is 11.1 Å². The molecule has 0 radical (unpaired) electrons. The molecule has 0 saturated carbocycles. The second-order valence-corrected chi connectivity index (χ2v) is 5.02. The zero-order chi connectivity index (χ0) is 19.5. The predicted molar refractivity (Wildman–Crippen MR) is 93.7 cm³/mol. The van der Waals surface area contributed by atoms with Gasteiger partial charge in [-0.1, -0.05) is 36.4 Å². The SMILES string of the molecule is C=CCc1cn(CC(=O)O)c(=O)[nH]c1=O.NC(=O)OCc1ccccc1. The Morgan fingerprint density at radius 3 is 2.46 bits per heavy atom. The van der Waals surface area contributed by atoms with Crippen LogP contribution in [0.4, 0.5) is 4.79 Å². The number of aromatic nitrogens is 2. The summed E-state index contributed by atoms with van der Waals surface area (Å²) in [4.78, 5) is 45.0. The van der Waals surface area contributed by atoms with E-state index >= 15 is 0 Å². The first-order valence-corrected chi connectivity index (χ1v) is 7.45. The van der Waals surface area contributed by atoms with Gasteiger partial charge in [0.05, 0.1) is 0 Å². The van der Waals surface area contributed by atoms with Crippen LogP contribution in [-0.4, -0.2) is 26.7 Å². The van der Waals surface area contributed by atoms with E-state index in [0.29, 0.717) is 5.56 Å². The molecule has 0 aliphatic carbocycles. The van der Waals surface area contributed by atoms with Crippen molar-refractivity contribution in [1.29, 1.82) is 0 Å². The summed E-state index contributed by atoms with van der Waals surface area (Å²) in [5.74, 6) is -1.14. The van der Waals surface area contributed by atoms with Crippen molar-refractivity contribution in [2.24, 2.45) is 5.73 Å². The van der Waals surface area contributed by atoms with Gasteiger partial charge in [0, 0.05) is 11.8 Å². The van der Waals surface area contributed by atoms with E-state index in [9.17, 15) is 19.2 Å². The number of carboxylic acid groups (broad SMARTS) is 1. The van der Waals surface area contributed by atoms with Gasteiger partial charge in [0.25, 0.3) is 5.56 Å². The number of aliphatic carboxylic acids is 1. The molecule has 2 rings (SSSR count). The molecule has 9 nitrogen and oxygen atoms in total. The van der Waals surface area contributed by atoms with Crippen molar-refractivity contribution >= 4 is 12.1 Å². The van der Waals surface area contributed by atoms with Crippen LogP contribution in [0.25, 0.3) is 0 Å². The summed E-state index contributed by atoms with van der Waals surface area (Å²) in [5, 5.41) is 8.51. The van der Waals surface area contributed by atoms with Gasteiger partial charge in [0.2, 0.25) is 0 Å². The van der Waals surface area contributed by atoms with Gasteiger partial charge in [-0.05, 0) is 12.0 Å². The molecule has 0 aliphatic heterocycles. The van der Waals surface area contributed by atoms with Gasteiger partial charge in [0.15, 0.2) is 0 Å². The Morgan fingerprint density at radius 1 is 1.27 bits per heavy atom. The molecule has 2 aromatic rings. The van der Waals surface area contributed by atoms with Crippen molar-refractivity contribution in [3.05, 3.63) is 81.1 Å². The third-order valence-electron chi connectivity index (χ3n) is 2.98. The van der Waals surface area contributed by atoms with Crippen LogP contribution >= 0.6 is 0 Å². The first kappa shape index (κ1) is 20.4. The van der Waals surface area contributed by atoms with Crippen LogP contribution in [0.5, 0.6) is 0 Å². The van der Waals surface area contributed by atoms with Crippen molar-refractivity contribution in [3.63, 3.8) is 0 Å². The number of allylic oxidation sites excluding steroid dienone is 1. The van der Waals surface area contributed by atoms with Crippen molar-refractivity contribution in [3.8, 4) is 0 Å². The molecule has 0 unspecified atom stereocenters. The fourth-order valence-corrected chi connectivity index (χ4v) is 1.85. The number of amides is 1. The van der Waals surface area contributed by atoms with E-state index in [1.165, 1.54) is 12.3 Å². The number of ether oxygens (including phenoxy) is 1. The molecule has 26 heavy (non-hydrogen) atoms. The molecule has 4 N–H and O–H groups in total. The molecule has 138 valence electrons. The van der Waals surface area contributed by atoms with Gasteiger partial charge in [-0.25, -0.2) is 9.59 Å². The molecular weight excluding hydrogens is 342 g/mol. The van der Waals surface area contributed by atoms with E-state index in [4.69, 9.17) is 10.8 Å². The number of hydrogen-bond acceptors (Lipinski definition) is 5. The average molecular weight is 361 g/mol. The van der Waals surface area contributed by atoms with E-state index < -0.39 is 29.9 Å². The standard InChI is InChI=1S/C9H10N2O4.C8H9NO2/c1-2-3-6-4-11(5-7(12)13)9(15)10-8(6)14;9-8(10)11-6-7-4-2-1-3-5-7/h2,4H,1,3,5H2,(H,12,13)(H,10,14,15);1-5H,6H2,(H2,9,10). The largest absolute Gasteiger partial charge is 0.480 e. The van der Waals surface area contributed by atoms with Gasteiger partial charge in [-0.15, -0.1) is 6.58 Å². The summed E-state index contributed by atoms with van der Waals surface area (Å²) in [7, 11) is 0. The zero-order valence-electron chi connectivity index (χ0n) is 13.9. The summed E-state index contributed by atoms with van der Waals surface area (Å²) < 4.78 is 5.50. The van der Waals surface area contributed by atoms with E-state index in [0.717, 1.165) is 10.1 Å². The number of nitrogens with one attached hydrogen (secondary N) is 1. The first-order chi connectivity index (χ1) is 12.3. The van der Waals surface area contributed by atoms with E-state index in [2.05, 4.69) is 11.3 Å². The van der Waals surface area contributed by atoms with Gasteiger partial charge < -0.3 is 15.6 Å². The Labute approximate surface area is 148 Å². The molecule has 0 bridgehead atoms. The lowest BCUT2D eigenvalue weighted by atomic mass is 10.2. The quantitative estimate of drug-likeness (QED) is 0.644. The number of primary amides is 1. The molecule has 0 atom stereocenters. The number of nitrogens with zero attached hydrogens (tertiary/aromatic N) is 1. The van der Waals surface area contributed by atoms with E-state index in [-0.39, 0.29) is 13.0 Å². The van der Waals surface area contributed by atoms with Crippen molar-refractivity contribution in [1.82, 2.24) is 9.55 Å². The van der Waals surface area contributed by atoms with Crippen molar-refractivity contribution in [2.75, 3.05) is 0 Å². The molecule has 0 aliphatic rings. The van der Waals surface area contributed by atoms with E-state index in [1.54, 1.807) is 0 Å². The van der Waals surface area contributed by atoms with Crippen LogP contribution in [0.15, 0.2) is 58.8 Å². The molecule has 1 aromatic heterocycles. The van der Waals surface area contributed by atoms with E-state index in [1.807, 2.05) is 35.3 Å². The maximum absolute atomic E-state index is 11.2. The lowest BCUT2D eigenvalue weighted by Gasteiger charge is -2.02. The molecule has 1 aromatic carbocycles. The number of hydrogen-bond donors (Lipinski definition) is 3. The van der Waals surface area contributed by atoms with Crippen LogP contribution in [0, 0.1) is 0 Å². The number of benzene rings is 1. The van der Waals surface area contributed by atoms with Gasteiger partial charge in [-0.3, -0.25) is 19.1 Å². The number of carbonyl (C=O) groups is 2. The second kappa shape index (κ2) is 10.3. The van der Waals surface area contributed by atoms with Gasteiger partial charge in [0.1, 0.15) is 13.2 Å². The third kappa shape index (κ3) is 7.30. The Morgan fingerprint density at radius 2 is 1.92 bits per heavy atom. The zero-order valence-corrected chi connectivity index (χ0v) is 13.9. The molecule has 0 saturated heterocycles. The van der Waals surface area contributed by atoms with Crippen LogP contribution in [-0.2, 0) is 29.1 Å². The van der Waals surface area contributed by atoms with Crippen LogP contribution in [0.2, 0.25) is 0 Å². The highest BCUT2D eigenvalue weighted by Gasteiger charge is 2.06. The van der Waals surface area contributed by atoms with Crippen molar-refractivity contribution < 1.29 is 19.4 Å². The minimum atomic E-state index is -1.14. The number of aromatic amines is 1. The molecule has 9 heteroatoms. The number of carboxylic acids is 1. The normalized spacial score (nSPS) is 9.54. The molecule has 1 amide bonds. The lowest BCUT2D eigenvalue weighted by Crippen LogP contribution is -2.33. The van der Waals surface area contributed by atoms with Crippen LogP contribution in [0.3, 0.4) is 0 Å². The Hall–Kier alpha value is -3.62. The monoisotopic (exact) mass is 361 g/mol. The highest BCUT2D eigenvalue weighted by Crippen LogP contribution is 1.99. The number of rotatable bonds is 6. The summed E-state index contributed by atoms with van der Waals surface area (Å²) in [6.07, 6.45) is 2.28. The predicted octanol–water partition coefficient (Wildman–Crippen LogP) is 0.632. The Bertz CT molecular complexity index is 870. The summed E-state index contributed by atoms with van der Waals surface area (Å²) in [5.41, 5.74) is 4.79. The summed E-state index contributed by atoms with van der Waals surface area (Å²) in [6.45, 7) is 3.23. The third-order valence-corrected chi connectivity index (χ3v) is 2.98. The second-order valence-electron chi connectivity index (χ2n) is 5.02. The maximum Gasteiger partial charge on any atom is 0.404 e. The highest BCUT2D eigenvalue weighted by molar-refractivity contribution is 5.66. The van der Waals surface area contributed by atoms with Crippen molar-refractivity contribution in [2.45, 2.75) is 19.6 Å². The smallest absolute Gasteiger partial charge is 0.404 e. The average Bonchev–Trinajstić information content (AvgIpc) is 2.58. The molecule has 1 heterocycles. The Balaban J connectivity index is 0.000000273. The molecule has 0 fully saturated rings. The lowest BCUT2D eigenvalue weighted by molar-refractivity contribution is -0.137. The van der Waals surface area contributed by atoms with Gasteiger partial charge in [-0.2, -0.15) is 0 Å². The molecular formula is C17H19N3O6. The number of H-pyrrole nitrogens is 1. The minimum Gasteiger partial charge on any atom is -0.480 e. The number of carbonyl (C=O) groups excluding carboxylic acids is 1. The fraction of sp³-hybridized carbons (Fsp3) is 0.176. The maximum atomic E-state index is 11.2. The minimum absolute atomic E-state index is 0.246. The Kier molecular flexibility index (Phi) is 8.08. The van der Waals surface area contributed by atoms with Gasteiger partial charge >= 0.3 is 17.8 Å². The van der Waals surface area contributed by atoms with Crippen LogP contribution < -0.4 is 17.0 Å². The number of nitrogens with two attached hydrogens (primary N) is 1. The first-order valence-electron chi connectivity index (χ1n) is 7.45. The summed E-state index contributed by atoms with van der Waals surface area (Å²) in [6, 6.07) is 9.37. The summed E-state index contributed by atoms with van der Waals surface area (Å²) >= 11 is 0. The molecule has 0 spiro atoms.